The monoisotopic (exact) mass is 181 g/mol. The van der Waals surface area contributed by atoms with Gasteiger partial charge < -0.3 is 0 Å². The average molecular weight is 181 g/mol. The second-order valence-electron chi connectivity index (χ2n) is 2.46. The van der Waals surface area contributed by atoms with E-state index in [1.165, 1.54) is 13.0 Å². The minimum absolute atomic E-state index is 0.0565. The van der Waals surface area contributed by atoms with Gasteiger partial charge in [0.25, 0.3) is 0 Å². The lowest BCUT2D eigenvalue weighted by Crippen LogP contribution is -1.81. The zero-order valence-corrected chi connectivity index (χ0v) is 8.02. The van der Waals surface area contributed by atoms with Crippen LogP contribution >= 0.6 is 11.3 Å². The number of ketones is 1. The van der Waals surface area contributed by atoms with E-state index in [0.29, 0.717) is 0 Å². The zero-order chi connectivity index (χ0) is 8.97. The highest BCUT2D eigenvalue weighted by atomic mass is 32.1. The molecule has 0 N–H and O–H groups in total. The Labute approximate surface area is 76.0 Å². The molecule has 2 nitrogen and oxygen atoms in total. The van der Waals surface area contributed by atoms with Crippen molar-refractivity contribution in [2.75, 3.05) is 0 Å². The smallest absolute Gasteiger partial charge is 0.152 e. The Morgan fingerprint density at radius 1 is 1.75 bits per heavy atom. The van der Waals surface area contributed by atoms with Gasteiger partial charge in [0.2, 0.25) is 0 Å². The molecule has 0 aliphatic carbocycles. The van der Waals surface area contributed by atoms with Crippen molar-refractivity contribution in [3.05, 3.63) is 22.2 Å². The predicted molar refractivity (Wildman–Crippen MR) is 51.2 cm³/mol. The molecule has 0 amide bonds. The number of rotatable bonds is 3. The summed E-state index contributed by atoms with van der Waals surface area (Å²) in [5.41, 5.74) is 0.882. The maximum Gasteiger partial charge on any atom is 0.152 e. The number of aryl methyl sites for hydroxylation is 1. The number of carbonyl (C=O) groups is 1. The maximum absolute atomic E-state index is 10.6. The molecule has 0 fully saturated rings. The first-order valence-electron chi connectivity index (χ1n) is 3.85. The Hall–Kier alpha value is -0.960. The minimum Gasteiger partial charge on any atom is -0.295 e. The lowest BCUT2D eigenvalue weighted by Gasteiger charge is -1.82. The predicted octanol–water partition coefficient (Wildman–Crippen LogP) is 2.31. The highest BCUT2D eigenvalue weighted by Crippen LogP contribution is 2.11. The van der Waals surface area contributed by atoms with Crippen LogP contribution in [0.5, 0.6) is 0 Å². The van der Waals surface area contributed by atoms with Crippen molar-refractivity contribution in [1.82, 2.24) is 4.98 Å². The number of hydrogen-bond acceptors (Lipinski definition) is 3. The van der Waals surface area contributed by atoms with Crippen LogP contribution < -0.4 is 0 Å². The Balaban J connectivity index is 2.70. The summed E-state index contributed by atoms with van der Waals surface area (Å²) >= 11 is 1.63. The normalized spacial score (nSPS) is 10.8. The van der Waals surface area contributed by atoms with Crippen LogP contribution in [0.2, 0.25) is 0 Å². The van der Waals surface area contributed by atoms with Gasteiger partial charge in [-0.2, -0.15) is 0 Å². The van der Waals surface area contributed by atoms with Gasteiger partial charge in [0.05, 0.1) is 10.7 Å². The molecule has 1 aromatic rings. The molecule has 0 unspecified atom stereocenters. The Morgan fingerprint density at radius 3 is 3.00 bits per heavy atom. The number of aromatic nitrogens is 1. The third-order valence-electron chi connectivity index (χ3n) is 1.36. The largest absolute Gasteiger partial charge is 0.295 e. The first kappa shape index (κ1) is 9.13. The molecule has 0 aliphatic rings. The van der Waals surface area contributed by atoms with Gasteiger partial charge in [0.15, 0.2) is 5.78 Å². The average Bonchev–Trinajstić information content (AvgIpc) is 2.48. The SMILES string of the molecule is CCc1nc(/C=C/C(C)=O)cs1. The van der Waals surface area contributed by atoms with E-state index in [1.807, 2.05) is 5.38 Å². The lowest BCUT2D eigenvalue weighted by molar-refractivity contribution is -0.112. The van der Waals surface area contributed by atoms with Crippen LogP contribution in [0.25, 0.3) is 6.08 Å². The summed E-state index contributed by atoms with van der Waals surface area (Å²) in [5, 5.41) is 3.07. The Morgan fingerprint density at radius 2 is 2.50 bits per heavy atom. The molecular weight excluding hydrogens is 170 g/mol. The van der Waals surface area contributed by atoms with Gasteiger partial charge in [0.1, 0.15) is 0 Å². The van der Waals surface area contributed by atoms with Crippen molar-refractivity contribution in [2.45, 2.75) is 20.3 Å². The summed E-state index contributed by atoms with van der Waals surface area (Å²) in [5.74, 6) is 0.0565. The summed E-state index contributed by atoms with van der Waals surface area (Å²) in [6, 6.07) is 0. The molecule has 0 bridgehead atoms. The summed E-state index contributed by atoms with van der Waals surface area (Å²) in [4.78, 5) is 14.9. The van der Waals surface area contributed by atoms with Gasteiger partial charge in [-0.05, 0) is 25.5 Å². The van der Waals surface area contributed by atoms with Crippen LogP contribution in [0.4, 0.5) is 0 Å². The van der Waals surface area contributed by atoms with Crippen molar-refractivity contribution in [2.24, 2.45) is 0 Å². The standard InChI is InChI=1S/C9H11NOS/c1-3-9-10-8(6-12-9)5-4-7(2)11/h4-6H,3H2,1-2H3/b5-4+. The van der Waals surface area contributed by atoms with E-state index in [4.69, 9.17) is 0 Å². The van der Waals surface area contributed by atoms with Crippen LogP contribution in [0.1, 0.15) is 24.5 Å². The summed E-state index contributed by atoms with van der Waals surface area (Å²) in [6.07, 6.45) is 4.24. The molecule has 0 aromatic carbocycles. The quantitative estimate of drug-likeness (QED) is 0.670. The van der Waals surface area contributed by atoms with Crippen LogP contribution in [0.3, 0.4) is 0 Å². The molecule has 1 aromatic heterocycles. The molecule has 0 saturated heterocycles. The van der Waals surface area contributed by atoms with E-state index < -0.39 is 0 Å². The van der Waals surface area contributed by atoms with E-state index in [-0.39, 0.29) is 5.78 Å². The molecule has 1 rings (SSSR count). The van der Waals surface area contributed by atoms with Crippen molar-refractivity contribution in [3.63, 3.8) is 0 Å². The van der Waals surface area contributed by atoms with Crippen molar-refractivity contribution in [1.29, 1.82) is 0 Å². The number of thiazole rings is 1. The Kier molecular flexibility index (Phi) is 3.17. The first-order chi connectivity index (χ1) is 5.72. The number of carbonyl (C=O) groups excluding carboxylic acids is 1. The molecule has 3 heteroatoms. The number of nitrogens with zero attached hydrogens (tertiary/aromatic N) is 1. The fraction of sp³-hybridized carbons (Fsp3) is 0.333. The van der Waals surface area contributed by atoms with Crippen LogP contribution in [0, 0.1) is 0 Å². The second kappa shape index (κ2) is 4.16. The van der Waals surface area contributed by atoms with Crippen LogP contribution in [-0.2, 0) is 11.2 Å². The summed E-state index contributed by atoms with van der Waals surface area (Å²) in [7, 11) is 0. The van der Waals surface area contributed by atoms with Gasteiger partial charge in [-0.1, -0.05) is 6.92 Å². The van der Waals surface area contributed by atoms with Crippen molar-refractivity contribution >= 4 is 23.2 Å². The summed E-state index contributed by atoms with van der Waals surface area (Å²) < 4.78 is 0. The fourth-order valence-corrected chi connectivity index (χ4v) is 1.48. The van der Waals surface area contributed by atoms with Crippen LogP contribution in [0.15, 0.2) is 11.5 Å². The molecule has 0 atom stereocenters. The van der Waals surface area contributed by atoms with Gasteiger partial charge in [-0.15, -0.1) is 11.3 Å². The zero-order valence-electron chi connectivity index (χ0n) is 7.20. The topological polar surface area (TPSA) is 30.0 Å². The van der Waals surface area contributed by atoms with Gasteiger partial charge in [-0.3, -0.25) is 4.79 Å². The van der Waals surface area contributed by atoms with E-state index >= 15 is 0 Å². The number of allylic oxidation sites excluding steroid dienone is 1. The molecule has 0 radical (unpaired) electrons. The first-order valence-corrected chi connectivity index (χ1v) is 4.73. The Bertz CT molecular complexity index is 301. The molecule has 0 spiro atoms. The van der Waals surface area contributed by atoms with E-state index in [0.717, 1.165) is 17.1 Å². The van der Waals surface area contributed by atoms with E-state index in [2.05, 4.69) is 11.9 Å². The highest BCUT2D eigenvalue weighted by Gasteiger charge is 1.95. The van der Waals surface area contributed by atoms with Gasteiger partial charge in [0, 0.05) is 5.38 Å². The fourth-order valence-electron chi connectivity index (χ4n) is 0.767. The third-order valence-corrected chi connectivity index (χ3v) is 2.37. The molecule has 12 heavy (non-hydrogen) atoms. The van der Waals surface area contributed by atoms with Crippen molar-refractivity contribution in [3.8, 4) is 0 Å². The minimum atomic E-state index is 0.0565. The van der Waals surface area contributed by atoms with E-state index in [1.54, 1.807) is 17.4 Å². The van der Waals surface area contributed by atoms with Crippen molar-refractivity contribution < 1.29 is 4.79 Å². The molecule has 1 heterocycles. The van der Waals surface area contributed by atoms with Crippen LogP contribution in [-0.4, -0.2) is 10.8 Å². The molecular formula is C9H11NOS. The highest BCUT2D eigenvalue weighted by molar-refractivity contribution is 7.09. The summed E-state index contributed by atoms with van der Waals surface area (Å²) in [6.45, 7) is 3.60. The molecule has 0 saturated carbocycles. The number of hydrogen-bond donors (Lipinski definition) is 0. The lowest BCUT2D eigenvalue weighted by atomic mass is 10.3. The van der Waals surface area contributed by atoms with Gasteiger partial charge in [-0.25, -0.2) is 4.98 Å². The maximum atomic E-state index is 10.6. The second-order valence-corrected chi connectivity index (χ2v) is 3.41. The van der Waals surface area contributed by atoms with E-state index in [9.17, 15) is 4.79 Å². The molecule has 64 valence electrons. The van der Waals surface area contributed by atoms with Gasteiger partial charge >= 0.3 is 0 Å². The third kappa shape index (κ3) is 2.58. The molecule has 0 aliphatic heterocycles.